The summed E-state index contributed by atoms with van der Waals surface area (Å²) in [4.78, 5) is 23.1. The molecule has 4 nitrogen and oxygen atoms in total. The van der Waals surface area contributed by atoms with Crippen LogP contribution in [-0.4, -0.2) is 23.7 Å². The van der Waals surface area contributed by atoms with Gasteiger partial charge in [-0.3, -0.25) is 9.59 Å². The van der Waals surface area contributed by atoms with Crippen LogP contribution in [0.1, 0.15) is 25.8 Å². The average molecular weight is 264 g/mol. The smallest absolute Gasteiger partial charge is 0.309 e. The van der Waals surface area contributed by atoms with Gasteiger partial charge in [-0.2, -0.15) is 0 Å². The van der Waals surface area contributed by atoms with Crippen molar-refractivity contribution in [2.45, 2.75) is 26.7 Å². The SMILES string of the molecule is CCCOC(=O)[C@@H](C)[C@@H](Cc1ccccc1)C(=O)O. The molecule has 0 radical (unpaired) electrons. The van der Waals surface area contributed by atoms with Crippen molar-refractivity contribution < 1.29 is 19.4 Å². The first-order valence-corrected chi connectivity index (χ1v) is 6.49. The summed E-state index contributed by atoms with van der Waals surface area (Å²) in [5, 5.41) is 9.27. The van der Waals surface area contributed by atoms with E-state index < -0.39 is 23.8 Å². The summed E-state index contributed by atoms with van der Waals surface area (Å²) in [6.07, 6.45) is 1.06. The third kappa shape index (κ3) is 4.73. The highest BCUT2D eigenvalue weighted by atomic mass is 16.5. The lowest BCUT2D eigenvalue weighted by Crippen LogP contribution is -2.31. The normalized spacial score (nSPS) is 13.6. The topological polar surface area (TPSA) is 63.6 Å². The lowest BCUT2D eigenvalue weighted by atomic mass is 9.88. The first kappa shape index (κ1) is 15.2. The van der Waals surface area contributed by atoms with Crippen LogP contribution in [0, 0.1) is 11.8 Å². The number of carboxylic acids is 1. The molecule has 0 spiro atoms. The number of hydrogen-bond acceptors (Lipinski definition) is 3. The first-order valence-electron chi connectivity index (χ1n) is 6.49. The van der Waals surface area contributed by atoms with Crippen molar-refractivity contribution in [1.29, 1.82) is 0 Å². The largest absolute Gasteiger partial charge is 0.481 e. The van der Waals surface area contributed by atoms with E-state index in [0.29, 0.717) is 13.0 Å². The van der Waals surface area contributed by atoms with Gasteiger partial charge in [-0.15, -0.1) is 0 Å². The van der Waals surface area contributed by atoms with Gasteiger partial charge < -0.3 is 9.84 Å². The highest BCUT2D eigenvalue weighted by Gasteiger charge is 2.31. The van der Waals surface area contributed by atoms with Crippen molar-refractivity contribution in [1.82, 2.24) is 0 Å². The fourth-order valence-electron chi connectivity index (χ4n) is 1.84. The predicted octanol–water partition coefficient (Wildman–Crippen LogP) is 2.52. The predicted molar refractivity (Wildman–Crippen MR) is 71.7 cm³/mol. The van der Waals surface area contributed by atoms with E-state index in [1.165, 1.54) is 0 Å². The number of benzene rings is 1. The Morgan fingerprint density at radius 2 is 1.89 bits per heavy atom. The van der Waals surface area contributed by atoms with E-state index in [-0.39, 0.29) is 0 Å². The van der Waals surface area contributed by atoms with Crippen molar-refractivity contribution in [3.05, 3.63) is 35.9 Å². The quantitative estimate of drug-likeness (QED) is 0.769. The molecule has 1 rings (SSSR count). The molecule has 0 aromatic heterocycles. The Bertz CT molecular complexity index is 413. The molecule has 0 unspecified atom stereocenters. The molecule has 2 atom stereocenters. The Kier molecular flexibility index (Phi) is 6.06. The third-order valence-electron chi connectivity index (χ3n) is 3.04. The van der Waals surface area contributed by atoms with Gasteiger partial charge in [-0.05, 0) is 18.4 Å². The zero-order chi connectivity index (χ0) is 14.3. The summed E-state index contributed by atoms with van der Waals surface area (Å²) in [6, 6.07) is 9.31. The van der Waals surface area contributed by atoms with Gasteiger partial charge in [0.25, 0.3) is 0 Å². The van der Waals surface area contributed by atoms with E-state index in [9.17, 15) is 14.7 Å². The lowest BCUT2D eigenvalue weighted by molar-refractivity contribution is -0.157. The molecule has 0 amide bonds. The second-order valence-electron chi connectivity index (χ2n) is 4.59. The Hall–Kier alpha value is -1.84. The molecule has 0 saturated heterocycles. The summed E-state index contributed by atoms with van der Waals surface area (Å²) in [7, 11) is 0. The van der Waals surface area contributed by atoms with Gasteiger partial charge in [0.2, 0.25) is 0 Å². The van der Waals surface area contributed by atoms with Gasteiger partial charge in [0.15, 0.2) is 0 Å². The van der Waals surface area contributed by atoms with Gasteiger partial charge in [0.1, 0.15) is 0 Å². The summed E-state index contributed by atoms with van der Waals surface area (Å²) < 4.78 is 5.02. The van der Waals surface area contributed by atoms with Crippen LogP contribution >= 0.6 is 0 Å². The van der Waals surface area contributed by atoms with Crippen LogP contribution in [0.25, 0.3) is 0 Å². The molecule has 0 heterocycles. The molecular weight excluding hydrogens is 244 g/mol. The first-order chi connectivity index (χ1) is 9.06. The van der Waals surface area contributed by atoms with Gasteiger partial charge in [0, 0.05) is 0 Å². The lowest BCUT2D eigenvalue weighted by Gasteiger charge is -2.19. The average Bonchev–Trinajstić information content (AvgIpc) is 2.42. The van der Waals surface area contributed by atoms with E-state index in [0.717, 1.165) is 12.0 Å². The Labute approximate surface area is 113 Å². The second kappa shape index (κ2) is 7.56. The molecule has 19 heavy (non-hydrogen) atoms. The number of carbonyl (C=O) groups is 2. The number of aliphatic carboxylic acids is 1. The number of ether oxygens (including phenoxy) is 1. The summed E-state index contributed by atoms with van der Waals surface area (Å²) in [5.74, 6) is -2.81. The minimum absolute atomic E-state index is 0.332. The number of rotatable bonds is 7. The molecule has 1 aromatic rings. The van der Waals surface area contributed by atoms with Crippen molar-refractivity contribution in [3.63, 3.8) is 0 Å². The van der Waals surface area contributed by atoms with Gasteiger partial charge >= 0.3 is 11.9 Å². The van der Waals surface area contributed by atoms with Crippen LogP contribution in [0.2, 0.25) is 0 Å². The van der Waals surface area contributed by atoms with Crippen LogP contribution in [0.4, 0.5) is 0 Å². The van der Waals surface area contributed by atoms with Crippen molar-refractivity contribution in [2.24, 2.45) is 11.8 Å². The fourth-order valence-corrected chi connectivity index (χ4v) is 1.84. The van der Waals surface area contributed by atoms with Gasteiger partial charge in [-0.1, -0.05) is 44.2 Å². The molecule has 0 aliphatic rings. The number of esters is 1. The number of hydrogen-bond donors (Lipinski definition) is 1. The molecule has 0 bridgehead atoms. The number of carbonyl (C=O) groups excluding carboxylic acids is 1. The molecule has 0 saturated carbocycles. The van der Waals surface area contributed by atoms with E-state index in [1.54, 1.807) is 6.92 Å². The van der Waals surface area contributed by atoms with Crippen LogP contribution in [0.15, 0.2) is 30.3 Å². The minimum atomic E-state index is -0.968. The molecule has 1 N–H and O–H groups in total. The maximum absolute atomic E-state index is 11.8. The second-order valence-corrected chi connectivity index (χ2v) is 4.59. The van der Waals surface area contributed by atoms with Crippen LogP contribution in [0.3, 0.4) is 0 Å². The maximum atomic E-state index is 11.8. The molecule has 0 aliphatic carbocycles. The van der Waals surface area contributed by atoms with Crippen LogP contribution in [0.5, 0.6) is 0 Å². The monoisotopic (exact) mass is 264 g/mol. The number of carboxylic acid groups (broad SMARTS) is 1. The van der Waals surface area contributed by atoms with Crippen LogP contribution in [-0.2, 0) is 20.7 Å². The van der Waals surface area contributed by atoms with E-state index in [2.05, 4.69) is 0 Å². The minimum Gasteiger partial charge on any atom is -0.481 e. The molecule has 0 aliphatic heterocycles. The zero-order valence-corrected chi connectivity index (χ0v) is 11.3. The summed E-state index contributed by atoms with van der Waals surface area (Å²) >= 11 is 0. The standard InChI is InChI=1S/C15H20O4/c1-3-9-19-15(18)11(2)13(14(16)17)10-12-7-5-4-6-8-12/h4-8,11,13H,3,9-10H2,1-2H3,(H,16,17)/t11-,13+/m0/s1. The Morgan fingerprint density at radius 3 is 2.42 bits per heavy atom. The Morgan fingerprint density at radius 1 is 1.26 bits per heavy atom. The summed E-state index contributed by atoms with van der Waals surface area (Å²) in [5.41, 5.74) is 0.907. The molecule has 0 fully saturated rings. The molecule has 4 heteroatoms. The Balaban J connectivity index is 2.72. The van der Waals surface area contributed by atoms with Crippen molar-refractivity contribution in [2.75, 3.05) is 6.61 Å². The molecule has 1 aromatic carbocycles. The van der Waals surface area contributed by atoms with E-state index in [4.69, 9.17) is 4.74 Å². The van der Waals surface area contributed by atoms with Crippen molar-refractivity contribution in [3.8, 4) is 0 Å². The van der Waals surface area contributed by atoms with Crippen molar-refractivity contribution >= 4 is 11.9 Å². The molecule has 104 valence electrons. The zero-order valence-electron chi connectivity index (χ0n) is 11.3. The third-order valence-corrected chi connectivity index (χ3v) is 3.04. The highest BCUT2D eigenvalue weighted by Crippen LogP contribution is 2.19. The summed E-state index contributed by atoms with van der Waals surface area (Å²) in [6.45, 7) is 3.84. The highest BCUT2D eigenvalue weighted by molar-refractivity contribution is 5.81. The fraction of sp³-hybridized carbons (Fsp3) is 0.467. The van der Waals surface area contributed by atoms with E-state index >= 15 is 0 Å². The maximum Gasteiger partial charge on any atom is 0.309 e. The van der Waals surface area contributed by atoms with Gasteiger partial charge in [-0.25, -0.2) is 0 Å². The van der Waals surface area contributed by atoms with Crippen LogP contribution < -0.4 is 0 Å². The van der Waals surface area contributed by atoms with Gasteiger partial charge in [0.05, 0.1) is 18.4 Å². The molecular formula is C15H20O4. The van der Waals surface area contributed by atoms with E-state index in [1.807, 2.05) is 37.3 Å².